The maximum absolute atomic E-state index is 10.6. The fourth-order valence-electron chi connectivity index (χ4n) is 1.77. The van der Waals surface area contributed by atoms with E-state index >= 15 is 0 Å². The van der Waals surface area contributed by atoms with E-state index in [9.17, 15) is 10.1 Å². The van der Waals surface area contributed by atoms with Crippen LogP contribution in [0.3, 0.4) is 0 Å². The lowest BCUT2D eigenvalue weighted by Crippen LogP contribution is -2.01. The molecule has 20 heavy (non-hydrogen) atoms. The lowest BCUT2D eigenvalue weighted by Gasteiger charge is -1.96. The highest BCUT2D eigenvalue weighted by Crippen LogP contribution is 2.24. The maximum atomic E-state index is 10.6. The molecule has 0 N–H and O–H groups in total. The van der Waals surface area contributed by atoms with Gasteiger partial charge in [-0.1, -0.05) is 0 Å². The van der Waals surface area contributed by atoms with Gasteiger partial charge in [0.2, 0.25) is 5.89 Å². The van der Waals surface area contributed by atoms with Crippen molar-refractivity contribution in [3.8, 4) is 11.5 Å². The summed E-state index contributed by atoms with van der Waals surface area (Å²) in [5.74, 6) is 1.24. The van der Waals surface area contributed by atoms with Crippen molar-refractivity contribution in [1.82, 2.24) is 14.8 Å². The SMILES string of the molecule is Cc1oc(-c2ccsc2)nc1Cn1cc([N+](=O)[O-])cn1. The average Bonchev–Trinajstić information content (AvgIpc) is 3.11. The molecule has 0 amide bonds. The molecule has 8 heteroatoms. The third kappa shape index (κ3) is 2.32. The fraction of sp³-hybridized carbons (Fsp3) is 0.167. The quantitative estimate of drug-likeness (QED) is 0.544. The highest BCUT2D eigenvalue weighted by Gasteiger charge is 2.14. The predicted molar refractivity (Wildman–Crippen MR) is 72.5 cm³/mol. The molecule has 0 aliphatic rings. The van der Waals surface area contributed by atoms with Crippen LogP contribution < -0.4 is 0 Å². The van der Waals surface area contributed by atoms with Gasteiger partial charge in [-0.15, -0.1) is 0 Å². The molecule has 0 radical (unpaired) electrons. The summed E-state index contributed by atoms with van der Waals surface area (Å²) in [5, 5.41) is 18.5. The van der Waals surface area contributed by atoms with Crippen molar-refractivity contribution in [3.05, 3.63) is 50.8 Å². The van der Waals surface area contributed by atoms with Gasteiger partial charge in [-0.05, 0) is 18.4 Å². The first-order chi connectivity index (χ1) is 9.63. The number of aryl methyl sites for hydroxylation is 1. The Morgan fingerprint density at radius 3 is 3.05 bits per heavy atom. The van der Waals surface area contributed by atoms with Gasteiger partial charge in [0.05, 0.1) is 11.5 Å². The molecular formula is C12H10N4O3S. The molecule has 0 aromatic carbocycles. The van der Waals surface area contributed by atoms with Gasteiger partial charge in [0, 0.05) is 10.9 Å². The first-order valence-corrected chi connectivity index (χ1v) is 6.73. The van der Waals surface area contributed by atoms with E-state index in [2.05, 4.69) is 10.1 Å². The normalized spacial score (nSPS) is 10.8. The van der Waals surface area contributed by atoms with Crippen LogP contribution in [0.2, 0.25) is 0 Å². The topological polar surface area (TPSA) is 87.0 Å². The third-order valence-electron chi connectivity index (χ3n) is 2.80. The zero-order valence-corrected chi connectivity index (χ0v) is 11.3. The van der Waals surface area contributed by atoms with Gasteiger partial charge in [0.15, 0.2) is 0 Å². The number of thiophene rings is 1. The van der Waals surface area contributed by atoms with E-state index in [0.717, 1.165) is 5.56 Å². The second-order valence-electron chi connectivity index (χ2n) is 4.19. The Labute approximate surface area is 117 Å². The Balaban J connectivity index is 1.85. The zero-order valence-electron chi connectivity index (χ0n) is 10.5. The molecular weight excluding hydrogens is 280 g/mol. The molecule has 0 saturated carbocycles. The molecule has 0 bridgehead atoms. The zero-order chi connectivity index (χ0) is 14.1. The van der Waals surface area contributed by atoms with Crippen LogP contribution >= 0.6 is 11.3 Å². The smallest absolute Gasteiger partial charge is 0.307 e. The summed E-state index contributed by atoms with van der Waals surface area (Å²) in [5.41, 5.74) is 1.60. The molecule has 0 spiro atoms. The van der Waals surface area contributed by atoms with Gasteiger partial charge in [-0.2, -0.15) is 16.4 Å². The minimum atomic E-state index is -0.476. The lowest BCUT2D eigenvalue weighted by atomic mass is 10.3. The van der Waals surface area contributed by atoms with Crippen LogP contribution in [0.5, 0.6) is 0 Å². The summed E-state index contributed by atoms with van der Waals surface area (Å²) in [6.45, 7) is 2.16. The average molecular weight is 290 g/mol. The summed E-state index contributed by atoms with van der Waals surface area (Å²) >= 11 is 1.57. The van der Waals surface area contributed by atoms with Crippen LogP contribution in [0, 0.1) is 17.0 Å². The summed E-state index contributed by atoms with van der Waals surface area (Å²) in [6.07, 6.45) is 2.59. The molecule has 3 rings (SSSR count). The van der Waals surface area contributed by atoms with Crippen LogP contribution in [0.1, 0.15) is 11.5 Å². The second kappa shape index (κ2) is 4.89. The molecule has 0 fully saturated rings. The molecule has 0 aliphatic heterocycles. The molecule has 0 unspecified atom stereocenters. The molecule has 3 aromatic rings. The Morgan fingerprint density at radius 1 is 1.55 bits per heavy atom. The number of nitrogens with zero attached hydrogens (tertiary/aromatic N) is 4. The largest absolute Gasteiger partial charge is 0.441 e. The number of hydrogen-bond acceptors (Lipinski definition) is 6. The summed E-state index contributed by atoms with van der Waals surface area (Å²) in [4.78, 5) is 14.5. The first kappa shape index (κ1) is 12.5. The van der Waals surface area contributed by atoms with Gasteiger partial charge in [0.25, 0.3) is 0 Å². The van der Waals surface area contributed by atoms with E-state index in [1.54, 1.807) is 11.3 Å². The van der Waals surface area contributed by atoms with Crippen LogP contribution in [-0.2, 0) is 6.54 Å². The Morgan fingerprint density at radius 2 is 2.40 bits per heavy atom. The summed E-state index contributed by atoms with van der Waals surface area (Å²) in [7, 11) is 0. The molecule has 3 aromatic heterocycles. The van der Waals surface area contributed by atoms with E-state index in [1.807, 2.05) is 23.8 Å². The van der Waals surface area contributed by atoms with Crippen LogP contribution in [-0.4, -0.2) is 19.7 Å². The highest BCUT2D eigenvalue weighted by atomic mass is 32.1. The number of aromatic nitrogens is 3. The van der Waals surface area contributed by atoms with Crippen molar-refractivity contribution < 1.29 is 9.34 Å². The molecule has 7 nitrogen and oxygen atoms in total. The number of rotatable bonds is 4. The predicted octanol–water partition coefficient (Wildman–Crippen LogP) is 2.86. The summed E-state index contributed by atoms with van der Waals surface area (Å²) in [6, 6.07) is 1.93. The van der Waals surface area contributed by atoms with E-state index < -0.39 is 4.92 Å². The van der Waals surface area contributed by atoms with E-state index in [4.69, 9.17) is 4.42 Å². The Hall–Kier alpha value is -2.48. The number of hydrogen-bond donors (Lipinski definition) is 0. The first-order valence-electron chi connectivity index (χ1n) is 5.79. The van der Waals surface area contributed by atoms with Gasteiger partial charge in [0.1, 0.15) is 23.8 Å². The van der Waals surface area contributed by atoms with E-state index in [0.29, 0.717) is 23.9 Å². The van der Waals surface area contributed by atoms with Crippen molar-refractivity contribution >= 4 is 17.0 Å². The van der Waals surface area contributed by atoms with Gasteiger partial charge < -0.3 is 4.42 Å². The van der Waals surface area contributed by atoms with Gasteiger partial charge >= 0.3 is 5.69 Å². The highest BCUT2D eigenvalue weighted by molar-refractivity contribution is 7.08. The van der Waals surface area contributed by atoms with Crippen molar-refractivity contribution in [2.75, 3.05) is 0 Å². The van der Waals surface area contributed by atoms with Crippen molar-refractivity contribution in [2.45, 2.75) is 13.5 Å². The molecule has 0 atom stereocenters. The van der Waals surface area contributed by atoms with Crippen LogP contribution in [0.25, 0.3) is 11.5 Å². The summed E-state index contributed by atoms with van der Waals surface area (Å²) < 4.78 is 7.08. The molecule has 102 valence electrons. The molecule has 0 saturated heterocycles. The Bertz CT molecular complexity index is 745. The van der Waals surface area contributed by atoms with Gasteiger partial charge in [-0.25, -0.2) is 4.98 Å². The van der Waals surface area contributed by atoms with E-state index in [1.165, 1.54) is 17.1 Å². The number of nitro groups is 1. The van der Waals surface area contributed by atoms with Crippen molar-refractivity contribution in [3.63, 3.8) is 0 Å². The maximum Gasteiger partial charge on any atom is 0.307 e. The standard InChI is InChI=1S/C12H10N4O3S/c1-8-11(6-15-5-10(4-13-15)16(17)18)14-12(19-8)9-2-3-20-7-9/h2-5,7H,6H2,1H3. The molecule has 3 heterocycles. The van der Waals surface area contributed by atoms with Crippen LogP contribution in [0.15, 0.2) is 33.6 Å². The minimum Gasteiger partial charge on any atom is -0.441 e. The second-order valence-corrected chi connectivity index (χ2v) is 4.97. The Kier molecular flexibility index (Phi) is 3.07. The van der Waals surface area contributed by atoms with E-state index in [-0.39, 0.29) is 5.69 Å². The molecule has 0 aliphatic carbocycles. The van der Waals surface area contributed by atoms with Crippen LogP contribution in [0.4, 0.5) is 5.69 Å². The van der Waals surface area contributed by atoms with Crippen molar-refractivity contribution in [2.24, 2.45) is 0 Å². The third-order valence-corrected chi connectivity index (χ3v) is 3.49. The lowest BCUT2D eigenvalue weighted by molar-refractivity contribution is -0.385. The van der Waals surface area contributed by atoms with Crippen molar-refractivity contribution in [1.29, 1.82) is 0 Å². The van der Waals surface area contributed by atoms with Gasteiger partial charge in [-0.3, -0.25) is 14.8 Å². The minimum absolute atomic E-state index is 0.0378. The monoisotopic (exact) mass is 290 g/mol. The fourth-order valence-corrected chi connectivity index (χ4v) is 2.40. The number of oxazole rings is 1.